The summed E-state index contributed by atoms with van der Waals surface area (Å²) in [4.78, 5) is 0. The second kappa shape index (κ2) is 18.7. The molecule has 0 spiro atoms. The molecule has 0 heterocycles. The molecule has 0 fully saturated rings. The fourth-order valence-corrected chi connectivity index (χ4v) is 3.06. The van der Waals surface area contributed by atoms with Crippen LogP contribution in [-0.2, 0) is 9.47 Å². The Balaban J connectivity index is 3.10. The van der Waals surface area contributed by atoms with Gasteiger partial charge in [-0.15, -0.1) is 0 Å². The highest BCUT2D eigenvalue weighted by Gasteiger charge is 2.12. The van der Waals surface area contributed by atoms with E-state index in [9.17, 15) is 5.11 Å². The highest BCUT2D eigenvalue weighted by Crippen LogP contribution is 2.14. The van der Waals surface area contributed by atoms with Gasteiger partial charge in [-0.1, -0.05) is 97.3 Å². The van der Waals surface area contributed by atoms with E-state index in [4.69, 9.17) is 9.47 Å². The molecule has 2 atom stereocenters. The summed E-state index contributed by atoms with van der Waals surface area (Å²) in [5, 5.41) is 9.60. The number of methoxy groups -OCH3 is 1. The molecule has 3 nitrogen and oxygen atoms in total. The topological polar surface area (TPSA) is 38.7 Å². The smallest absolute Gasteiger partial charge is 0.180 e. The van der Waals surface area contributed by atoms with E-state index >= 15 is 0 Å². The highest BCUT2D eigenvalue weighted by atomic mass is 16.6. The Morgan fingerprint density at radius 3 is 1.44 bits per heavy atom. The molecule has 0 aliphatic carbocycles. The van der Waals surface area contributed by atoms with Crippen molar-refractivity contribution in [3.63, 3.8) is 0 Å². The first-order valence-corrected chi connectivity index (χ1v) is 10.9. The summed E-state index contributed by atoms with van der Waals surface area (Å²) in [5.41, 5.74) is 0. The van der Waals surface area contributed by atoms with E-state index in [-0.39, 0.29) is 6.10 Å². The quantitative estimate of drug-likeness (QED) is 0.212. The van der Waals surface area contributed by atoms with Crippen molar-refractivity contribution < 1.29 is 14.6 Å². The maximum atomic E-state index is 9.60. The van der Waals surface area contributed by atoms with Gasteiger partial charge < -0.3 is 14.6 Å². The summed E-state index contributed by atoms with van der Waals surface area (Å²) in [5.74, 6) is 0.874. The lowest BCUT2D eigenvalue weighted by atomic mass is 10.0. The van der Waals surface area contributed by atoms with Crippen LogP contribution in [0.4, 0.5) is 0 Å². The molecule has 0 aromatic heterocycles. The Hall–Kier alpha value is -0.120. The number of rotatable bonds is 19. The van der Waals surface area contributed by atoms with Crippen LogP contribution in [0.5, 0.6) is 0 Å². The molecule has 0 saturated carbocycles. The molecule has 3 heteroatoms. The lowest BCUT2D eigenvalue weighted by molar-refractivity contribution is -0.165. The summed E-state index contributed by atoms with van der Waals surface area (Å²) in [6, 6.07) is 0. The van der Waals surface area contributed by atoms with Gasteiger partial charge in [-0.3, -0.25) is 0 Å². The first kappa shape index (κ1) is 24.9. The molecule has 2 unspecified atom stereocenters. The van der Waals surface area contributed by atoms with Gasteiger partial charge >= 0.3 is 0 Å². The maximum absolute atomic E-state index is 9.60. The van der Waals surface area contributed by atoms with Crippen molar-refractivity contribution in [2.75, 3.05) is 13.7 Å². The minimum absolute atomic E-state index is 0.250. The van der Waals surface area contributed by atoms with E-state index < -0.39 is 6.29 Å². The molecule has 0 aromatic rings. The Labute approximate surface area is 157 Å². The van der Waals surface area contributed by atoms with Gasteiger partial charge in [0.25, 0.3) is 0 Å². The second-order valence-corrected chi connectivity index (χ2v) is 7.98. The van der Waals surface area contributed by atoms with Gasteiger partial charge in [-0.25, -0.2) is 0 Å². The molecular weight excluding hydrogens is 312 g/mol. The van der Waals surface area contributed by atoms with E-state index in [1.165, 1.54) is 83.5 Å². The van der Waals surface area contributed by atoms with Crippen molar-refractivity contribution in [3.8, 4) is 0 Å². The van der Waals surface area contributed by atoms with Gasteiger partial charge in [0, 0.05) is 13.7 Å². The first-order chi connectivity index (χ1) is 12.1. The SMILES string of the molecule is COC(C)C(O)OCCCCCCCCCCCCCCCC(C)C. The van der Waals surface area contributed by atoms with Gasteiger partial charge in [-0.2, -0.15) is 0 Å². The largest absolute Gasteiger partial charge is 0.376 e. The molecule has 0 bridgehead atoms. The van der Waals surface area contributed by atoms with Gasteiger partial charge in [-0.05, 0) is 19.3 Å². The third kappa shape index (κ3) is 18.5. The molecule has 1 N–H and O–H groups in total. The Kier molecular flexibility index (Phi) is 18.6. The van der Waals surface area contributed by atoms with E-state index in [1.54, 1.807) is 7.11 Å². The van der Waals surface area contributed by atoms with Crippen LogP contribution in [0, 0.1) is 5.92 Å². The monoisotopic (exact) mass is 358 g/mol. The zero-order valence-electron chi connectivity index (χ0n) is 17.6. The molecule has 0 amide bonds. The van der Waals surface area contributed by atoms with Gasteiger partial charge in [0.1, 0.15) is 6.10 Å². The molecule has 0 saturated heterocycles. The van der Waals surface area contributed by atoms with E-state index in [1.807, 2.05) is 6.92 Å². The molecule has 0 aliphatic rings. The lowest BCUT2D eigenvalue weighted by Gasteiger charge is -2.17. The van der Waals surface area contributed by atoms with Crippen molar-refractivity contribution >= 4 is 0 Å². The highest BCUT2D eigenvalue weighted by molar-refractivity contribution is 4.53. The van der Waals surface area contributed by atoms with Crippen molar-refractivity contribution in [2.45, 2.75) is 123 Å². The maximum Gasteiger partial charge on any atom is 0.180 e. The Bertz CT molecular complexity index is 256. The number of aliphatic hydroxyl groups excluding tert-OH is 1. The third-order valence-corrected chi connectivity index (χ3v) is 4.99. The lowest BCUT2D eigenvalue weighted by Crippen LogP contribution is -2.28. The van der Waals surface area contributed by atoms with Crippen LogP contribution in [0.2, 0.25) is 0 Å². The van der Waals surface area contributed by atoms with Crippen LogP contribution in [-0.4, -0.2) is 31.2 Å². The number of hydrogen-bond acceptors (Lipinski definition) is 3. The van der Waals surface area contributed by atoms with Crippen molar-refractivity contribution in [2.24, 2.45) is 5.92 Å². The van der Waals surface area contributed by atoms with Crippen LogP contribution >= 0.6 is 0 Å². The number of unbranched alkanes of at least 4 members (excludes halogenated alkanes) is 12. The zero-order valence-corrected chi connectivity index (χ0v) is 17.6. The van der Waals surface area contributed by atoms with Gasteiger partial charge in [0.05, 0.1) is 0 Å². The molecule has 0 aliphatic heterocycles. The first-order valence-electron chi connectivity index (χ1n) is 10.9. The molecule has 0 aromatic carbocycles. The summed E-state index contributed by atoms with van der Waals surface area (Å²) < 4.78 is 10.4. The fraction of sp³-hybridized carbons (Fsp3) is 1.00. The summed E-state index contributed by atoms with van der Waals surface area (Å²) in [6.45, 7) is 7.09. The van der Waals surface area contributed by atoms with Crippen molar-refractivity contribution in [3.05, 3.63) is 0 Å². The second-order valence-electron chi connectivity index (χ2n) is 7.98. The van der Waals surface area contributed by atoms with Crippen LogP contribution in [0.3, 0.4) is 0 Å². The van der Waals surface area contributed by atoms with Crippen molar-refractivity contribution in [1.82, 2.24) is 0 Å². The molecular formula is C22H46O3. The summed E-state index contributed by atoms with van der Waals surface area (Å²) in [7, 11) is 1.59. The van der Waals surface area contributed by atoms with Gasteiger partial charge in [0.15, 0.2) is 6.29 Å². The van der Waals surface area contributed by atoms with Crippen LogP contribution < -0.4 is 0 Å². The Morgan fingerprint density at radius 1 is 0.640 bits per heavy atom. The summed E-state index contributed by atoms with van der Waals surface area (Å²) >= 11 is 0. The minimum atomic E-state index is -0.791. The average Bonchev–Trinajstić information content (AvgIpc) is 2.60. The number of aliphatic hydroxyl groups is 1. The van der Waals surface area contributed by atoms with E-state index in [0.717, 1.165) is 12.3 Å². The number of ether oxygens (including phenoxy) is 2. The van der Waals surface area contributed by atoms with Gasteiger partial charge in [0.2, 0.25) is 0 Å². The predicted molar refractivity (Wildman–Crippen MR) is 108 cm³/mol. The third-order valence-electron chi connectivity index (χ3n) is 4.99. The van der Waals surface area contributed by atoms with Crippen molar-refractivity contribution in [1.29, 1.82) is 0 Å². The minimum Gasteiger partial charge on any atom is -0.376 e. The normalized spacial score (nSPS) is 14.2. The summed E-state index contributed by atoms with van der Waals surface area (Å²) in [6.07, 6.45) is 18.0. The number of hydrogen-bond donors (Lipinski definition) is 1. The van der Waals surface area contributed by atoms with Crippen LogP contribution in [0.25, 0.3) is 0 Å². The molecule has 0 rings (SSSR count). The van der Waals surface area contributed by atoms with E-state index in [0.29, 0.717) is 6.61 Å². The standard InChI is InChI=1S/C22H46O3/c1-20(2)18-16-14-12-10-8-6-5-7-9-11-13-15-17-19-25-22(23)21(3)24-4/h20-23H,5-19H2,1-4H3. The fourth-order valence-electron chi connectivity index (χ4n) is 3.06. The average molecular weight is 359 g/mol. The van der Waals surface area contributed by atoms with E-state index in [2.05, 4.69) is 13.8 Å². The van der Waals surface area contributed by atoms with Crippen LogP contribution in [0.1, 0.15) is 111 Å². The zero-order chi connectivity index (χ0) is 18.8. The molecule has 25 heavy (non-hydrogen) atoms. The molecule has 152 valence electrons. The van der Waals surface area contributed by atoms with Crippen LogP contribution in [0.15, 0.2) is 0 Å². The predicted octanol–water partition coefficient (Wildman–Crippen LogP) is 6.47. The molecule has 0 radical (unpaired) electrons. The Morgan fingerprint density at radius 2 is 1.04 bits per heavy atom.